The Morgan fingerprint density at radius 3 is 2.40 bits per heavy atom. The third kappa shape index (κ3) is 3.69. The zero-order valence-corrected chi connectivity index (χ0v) is 14.6. The summed E-state index contributed by atoms with van der Waals surface area (Å²) in [7, 11) is 0. The zero-order chi connectivity index (χ0) is 18.9. The van der Waals surface area contributed by atoms with Gasteiger partial charge in [0.1, 0.15) is 10.3 Å². The third-order valence-electron chi connectivity index (χ3n) is 3.71. The van der Waals surface area contributed by atoms with Crippen molar-refractivity contribution in [3.8, 4) is 0 Å². The number of hydrogen-bond acceptors (Lipinski definition) is 3. The van der Waals surface area contributed by atoms with Gasteiger partial charge in [-0.3, -0.25) is 13.9 Å². The van der Waals surface area contributed by atoms with E-state index in [2.05, 4.69) is 15.9 Å². The van der Waals surface area contributed by atoms with E-state index in [4.69, 9.17) is 5.73 Å². The second-order valence-electron chi connectivity index (χ2n) is 5.28. The van der Waals surface area contributed by atoms with Crippen LogP contribution < -0.4 is 17.0 Å². The lowest BCUT2D eigenvalue weighted by Crippen LogP contribution is -2.43. The van der Waals surface area contributed by atoms with Crippen LogP contribution in [0.1, 0.15) is 16.8 Å². The zero-order valence-electron chi connectivity index (χ0n) is 13.0. The van der Waals surface area contributed by atoms with Crippen LogP contribution in [-0.4, -0.2) is 15.7 Å². The Balaban J connectivity index is 2.72. The van der Waals surface area contributed by atoms with E-state index in [1.165, 1.54) is 6.92 Å². The van der Waals surface area contributed by atoms with Crippen LogP contribution >= 0.6 is 15.9 Å². The van der Waals surface area contributed by atoms with Gasteiger partial charge in [-0.05, 0) is 35.0 Å². The summed E-state index contributed by atoms with van der Waals surface area (Å²) >= 11 is 3.03. The van der Waals surface area contributed by atoms with E-state index in [0.717, 1.165) is 27.3 Å². The average molecular weight is 424 g/mol. The van der Waals surface area contributed by atoms with Crippen molar-refractivity contribution in [1.29, 1.82) is 0 Å². The lowest BCUT2D eigenvalue weighted by molar-refractivity contribution is -0.138. The van der Waals surface area contributed by atoms with Gasteiger partial charge in [-0.2, -0.15) is 13.2 Å². The maximum absolute atomic E-state index is 14.0. The van der Waals surface area contributed by atoms with Crippen molar-refractivity contribution >= 4 is 15.9 Å². The first-order valence-electron chi connectivity index (χ1n) is 7.14. The van der Waals surface area contributed by atoms with E-state index in [9.17, 15) is 27.2 Å². The normalized spacial score (nSPS) is 11.8. The molecule has 0 aliphatic carbocycles. The van der Waals surface area contributed by atoms with Gasteiger partial charge in [0.15, 0.2) is 0 Å². The molecule has 2 rings (SSSR count). The highest BCUT2D eigenvalue weighted by Gasteiger charge is 2.34. The Kier molecular flexibility index (Phi) is 5.52. The lowest BCUT2D eigenvalue weighted by atomic mass is 10.1. The molecule has 0 aliphatic heterocycles. The Morgan fingerprint density at radius 1 is 1.20 bits per heavy atom. The SMILES string of the molecule is Cc1c(Br)c(=O)n(CCN)c(=O)n1Cc1c(F)cccc1C(F)(F)F. The predicted molar refractivity (Wildman–Crippen MR) is 87.0 cm³/mol. The van der Waals surface area contributed by atoms with Gasteiger partial charge < -0.3 is 5.73 Å². The van der Waals surface area contributed by atoms with Gasteiger partial charge in [0.05, 0.1) is 12.1 Å². The highest BCUT2D eigenvalue weighted by molar-refractivity contribution is 9.10. The fraction of sp³-hybridized carbons (Fsp3) is 0.333. The van der Waals surface area contributed by atoms with Crippen molar-refractivity contribution in [3.05, 3.63) is 66.1 Å². The predicted octanol–water partition coefficient (Wildman–Crippen LogP) is 2.25. The van der Waals surface area contributed by atoms with Crippen LogP contribution in [0.15, 0.2) is 32.3 Å². The van der Waals surface area contributed by atoms with Crippen LogP contribution in [0.3, 0.4) is 0 Å². The summed E-state index contributed by atoms with van der Waals surface area (Å²) in [6.45, 7) is 0.585. The molecule has 0 fully saturated rings. The third-order valence-corrected chi connectivity index (χ3v) is 4.62. The summed E-state index contributed by atoms with van der Waals surface area (Å²) < 4.78 is 55.2. The molecule has 0 unspecified atom stereocenters. The minimum Gasteiger partial charge on any atom is -0.329 e. The van der Waals surface area contributed by atoms with Gasteiger partial charge in [-0.1, -0.05) is 6.07 Å². The smallest absolute Gasteiger partial charge is 0.329 e. The monoisotopic (exact) mass is 423 g/mol. The van der Waals surface area contributed by atoms with Crippen molar-refractivity contribution in [3.63, 3.8) is 0 Å². The molecule has 1 aromatic heterocycles. The summed E-state index contributed by atoms with van der Waals surface area (Å²) in [5, 5.41) is 0. The first-order chi connectivity index (χ1) is 11.6. The van der Waals surface area contributed by atoms with Crippen molar-refractivity contribution in [1.82, 2.24) is 9.13 Å². The van der Waals surface area contributed by atoms with E-state index in [1.807, 2.05) is 0 Å². The molecule has 5 nitrogen and oxygen atoms in total. The second kappa shape index (κ2) is 7.12. The molecular weight excluding hydrogens is 410 g/mol. The Hall–Kier alpha value is -1.94. The summed E-state index contributed by atoms with van der Waals surface area (Å²) in [6, 6.07) is 2.57. The fourth-order valence-corrected chi connectivity index (χ4v) is 2.85. The molecule has 1 aromatic carbocycles. The van der Waals surface area contributed by atoms with Gasteiger partial charge in [-0.15, -0.1) is 0 Å². The molecule has 0 saturated carbocycles. The van der Waals surface area contributed by atoms with Crippen LogP contribution in [0.25, 0.3) is 0 Å². The molecule has 0 saturated heterocycles. The number of nitrogens with zero attached hydrogens (tertiary/aromatic N) is 2. The van der Waals surface area contributed by atoms with Crippen LogP contribution in [0, 0.1) is 12.7 Å². The highest BCUT2D eigenvalue weighted by atomic mass is 79.9. The molecular formula is C15H14BrF4N3O2. The van der Waals surface area contributed by atoms with E-state index in [-0.39, 0.29) is 23.3 Å². The van der Waals surface area contributed by atoms with Gasteiger partial charge in [-0.25, -0.2) is 9.18 Å². The Labute approximate surface area is 147 Å². The second-order valence-corrected chi connectivity index (χ2v) is 6.07. The lowest BCUT2D eigenvalue weighted by Gasteiger charge is -2.18. The quantitative estimate of drug-likeness (QED) is 0.766. The van der Waals surface area contributed by atoms with Crippen LogP contribution in [0.2, 0.25) is 0 Å². The summed E-state index contributed by atoms with van der Waals surface area (Å²) in [5.74, 6) is -1.09. The topological polar surface area (TPSA) is 70.0 Å². The number of aromatic nitrogens is 2. The molecule has 0 aliphatic rings. The van der Waals surface area contributed by atoms with Crippen LogP contribution in [-0.2, 0) is 19.3 Å². The van der Waals surface area contributed by atoms with E-state index >= 15 is 0 Å². The molecule has 0 bridgehead atoms. The van der Waals surface area contributed by atoms with E-state index in [0.29, 0.717) is 0 Å². The molecule has 25 heavy (non-hydrogen) atoms. The molecule has 136 valence electrons. The molecule has 2 N–H and O–H groups in total. The Bertz CT molecular complexity index is 919. The van der Waals surface area contributed by atoms with Gasteiger partial charge in [0, 0.05) is 24.3 Å². The van der Waals surface area contributed by atoms with Gasteiger partial charge in [0.2, 0.25) is 0 Å². The molecule has 10 heteroatoms. The molecule has 0 atom stereocenters. The number of alkyl halides is 3. The van der Waals surface area contributed by atoms with E-state index < -0.39 is 40.9 Å². The standard InChI is InChI=1S/C15H14BrF4N3O2/c1-8-12(16)13(24)22(6-5-21)14(25)23(8)7-9-10(15(18,19)20)3-2-4-11(9)17/h2-4H,5-7,21H2,1H3. The largest absolute Gasteiger partial charge is 0.416 e. The van der Waals surface area contributed by atoms with Crippen LogP contribution in [0.5, 0.6) is 0 Å². The summed E-state index contributed by atoms with van der Waals surface area (Å²) in [5.41, 5.74) is 2.11. The first-order valence-corrected chi connectivity index (χ1v) is 7.93. The van der Waals surface area contributed by atoms with Crippen LogP contribution in [0.4, 0.5) is 17.6 Å². The van der Waals surface area contributed by atoms with Gasteiger partial charge in [0.25, 0.3) is 5.56 Å². The maximum atomic E-state index is 14.0. The first kappa shape index (κ1) is 19.4. The molecule has 2 aromatic rings. The number of halogens is 5. The van der Waals surface area contributed by atoms with Crippen molar-refractivity contribution in [2.75, 3.05) is 6.54 Å². The summed E-state index contributed by atoms with van der Waals surface area (Å²) in [6.07, 6.45) is -4.78. The fourth-order valence-electron chi connectivity index (χ4n) is 2.42. The minimum atomic E-state index is -4.78. The van der Waals surface area contributed by atoms with E-state index in [1.54, 1.807) is 0 Å². The maximum Gasteiger partial charge on any atom is 0.416 e. The van der Waals surface area contributed by atoms with Crippen molar-refractivity contribution in [2.45, 2.75) is 26.2 Å². The minimum absolute atomic E-state index is 0.00504. The summed E-state index contributed by atoms with van der Waals surface area (Å²) in [4.78, 5) is 24.6. The highest BCUT2D eigenvalue weighted by Crippen LogP contribution is 2.33. The number of hydrogen-bond donors (Lipinski definition) is 1. The molecule has 1 heterocycles. The number of benzene rings is 1. The van der Waals surface area contributed by atoms with Crippen molar-refractivity contribution < 1.29 is 17.6 Å². The average Bonchev–Trinajstić information content (AvgIpc) is 2.54. The number of nitrogens with two attached hydrogens (primary N) is 1. The van der Waals surface area contributed by atoms with Crippen molar-refractivity contribution in [2.24, 2.45) is 5.73 Å². The Morgan fingerprint density at radius 2 is 1.84 bits per heavy atom. The molecule has 0 spiro atoms. The number of rotatable bonds is 4. The van der Waals surface area contributed by atoms with Gasteiger partial charge >= 0.3 is 11.9 Å². The molecule has 0 amide bonds. The molecule has 0 radical (unpaired) electrons.